The molecule has 8 nitrogen and oxygen atoms in total. The molecule has 4 rings (SSSR count). The number of nitrogens with zero attached hydrogens (tertiary/aromatic N) is 3. The van der Waals surface area contributed by atoms with Crippen molar-refractivity contribution in [1.82, 2.24) is 15.0 Å². The van der Waals surface area contributed by atoms with Crippen LogP contribution in [0, 0.1) is 6.92 Å². The van der Waals surface area contributed by atoms with Gasteiger partial charge in [-0.15, -0.1) is 0 Å². The summed E-state index contributed by atoms with van der Waals surface area (Å²) in [5, 5.41) is 4.98. The van der Waals surface area contributed by atoms with Crippen molar-refractivity contribution in [2.45, 2.75) is 13.5 Å². The first-order valence-corrected chi connectivity index (χ1v) is 9.60. The van der Waals surface area contributed by atoms with E-state index in [0.29, 0.717) is 11.3 Å². The number of carbonyl (C=O) groups is 1. The number of fused-ring (bicyclic) bond motifs is 1. The van der Waals surface area contributed by atoms with Crippen molar-refractivity contribution in [2.24, 2.45) is 0 Å². The normalized spacial score (nSPS) is 10.6. The maximum Gasteiger partial charge on any atom is 0.342 e. The third kappa shape index (κ3) is 4.53. The van der Waals surface area contributed by atoms with Crippen molar-refractivity contribution < 1.29 is 14.3 Å². The molecule has 0 fully saturated rings. The van der Waals surface area contributed by atoms with Gasteiger partial charge in [0.1, 0.15) is 11.3 Å². The summed E-state index contributed by atoms with van der Waals surface area (Å²) in [5.74, 6) is 0.420. The van der Waals surface area contributed by atoms with Crippen LogP contribution < -0.4 is 15.8 Å². The Morgan fingerprint density at radius 1 is 1.00 bits per heavy atom. The van der Waals surface area contributed by atoms with Crippen molar-refractivity contribution in [3.05, 3.63) is 77.6 Å². The molecule has 0 spiro atoms. The van der Waals surface area contributed by atoms with E-state index < -0.39 is 5.97 Å². The number of carbonyl (C=O) groups excluding carboxylic acids is 1. The summed E-state index contributed by atoms with van der Waals surface area (Å²) in [5.41, 5.74) is 8.00. The number of nitrogen functional groups attached to an aromatic ring is 1. The van der Waals surface area contributed by atoms with Gasteiger partial charge in [-0.25, -0.2) is 4.79 Å². The Kier molecular flexibility index (Phi) is 5.61. The van der Waals surface area contributed by atoms with Gasteiger partial charge >= 0.3 is 5.97 Å². The Morgan fingerprint density at radius 3 is 2.45 bits per heavy atom. The van der Waals surface area contributed by atoms with Gasteiger partial charge in [-0.1, -0.05) is 42.5 Å². The number of nitrogens with two attached hydrogens (primary N) is 1. The molecule has 0 aliphatic rings. The molecule has 0 bridgehead atoms. The SMILES string of the molecule is COc1cc2ccccc2cc1C(=O)OCc1nc(N)nc(Nc2ccccc2C)n1. The maximum absolute atomic E-state index is 12.7. The Labute approximate surface area is 179 Å². The molecule has 3 N–H and O–H groups in total. The molecule has 0 radical (unpaired) electrons. The van der Waals surface area contributed by atoms with E-state index in [1.165, 1.54) is 7.11 Å². The minimum atomic E-state index is -0.546. The molecule has 0 aliphatic carbocycles. The summed E-state index contributed by atoms with van der Waals surface area (Å²) in [6.07, 6.45) is 0. The number of esters is 1. The van der Waals surface area contributed by atoms with Crippen LogP contribution in [0.15, 0.2) is 60.7 Å². The summed E-state index contributed by atoms with van der Waals surface area (Å²) in [6, 6.07) is 18.9. The lowest BCUT2D eigenvalue weighted by molar-refractivity contribution is 0.0459. The van der Waals surface area contributed by atoms with Gasteiger partial charge in [-0.2, -0.15) is 15.0 Å². The number of anilines is 3. The number of ether oxygens (including phenoxy) is 2. The monoisotopic (exact) mass is 415 g/mol. The highest BCUT2D eigenvalue weighted by molar-refractivity contribution is 5.98. The number of nitrogens with one attached hydrogen (secondary N) is 1. The van der Waals surface area contributed by atoms with Crippen molar-refractivity contribution in [1.29, 1.82) is 0 Å². The van der Waals surface area contributed by atoms with Crippen LogP contribution >= 0.6 is 0 Å². The topological polar surface area (TPSA) is 112 Å². The molecule has 0 saturated carbocycles. The van der Waals surface area contributed by atoms with E-state index in [1.54, 1.807) is 12.1 Å². The first kappa shape index (κ1) is 20.1. The van der Waals surface area contributed by atoms with Crippen LogP contribution in [0.3, 0.4) is 0 Å². The van der Waals surface area contributed by atoms with Gasteiger partial charge < -0.3 is 20.5 Å². The number of methoxy groups -OCH3 is 1. The molecule has 31 heavy (non-hydrogen) atoms. The van der Waals surface area contributed by atoms with Gasteiger partial charge in [-0.05, 0) is 41.5 Å². The third-order valence-corrected chi connectivity index (χ3v) is 4.71. The Balaban J connectivity index is 1.53. The van der Waals surface area contributed by atoms with Crippen LogP contribution in [-0.2, 0) is 11.3 Å². The number of hydrogen-bond acceptors (Lipinski definition) is 8. The highest BCUT2D eigenvalue weighted by Gasteiger charge is 2.16. The quantitative estimate of drug-likeness (QED) is 0.454. The van der Waals surface area contributed by atoms with Crippen LogP contribution in [0.4, 0.5) is 17.6 Å². The van der Waals surface area contributed by atoms with E-state index in [-0.39, 0.29) is 24.3 Å². The largest absolute Gasteiger partial charge is 0.496 e. The number of aromatic nitrogens is 3. The fraction of sp³-hybridized carbons (Fsp3) is 0.130. The highest BCUT2D eigenvalue weighted by Crippen LogP contribution is 2.27. The number of rotatable bonds is 6. The van der Waals surface area contributed by atoms with E-state index in [2.05, 4.69) is 20.3 Å². The zero-order chi connectivity index (χ0) is 21.8. The van der Waals surface area contributed by atoms with Crippen molar-refractivity contribution in [3.8, 4) is 5.75 Å². The van der Waals surface area contributed by atoms with Crippen LogP contribution in [0.2, 0.25) is 0 Å². The standard InChI is InChI=1S/C23H21N5O3/c1-14-7-3-6-10-18(14)25-23-27-20(26-22(24)28-23)13-31-21(29)17-11-15-8-4-5-9-16(15)12-19(17)30-2/h3-12H,13H2,1-2H3,(H3,24,25,26,27,28). The molecule has 3 aromatic carbocycles. The predicted octanol–water partition coefficient (Wildman–Crippen LogP) is 4.02. The Hall–Kier alpha value is -4.20. The smallest absolute Gasteiger partial charge is 0.342 e. The van der Waals surface area contributed by atoms with Gasteiger partial charge in [0.15, 0.2) is 12.4 Å². The van der Waals surface area contributed by atoms with Gasteiger partial charge in [0, 0.05) is 5.69 Å². The van der Waals surface area contributed by atoms with Crippen LogP contribution in [0.5, 0.6) is 5.75 Å². The number of para-hydroxylation sites is 1. The number of hydrogen-bond donors (Lipinski definition) is 2. The average Bonchev–Trinajstić information content (AvgIpc) is 2.77. The minimum absolute atomic E-state index is 0.0282. The minimum Gasteiger partial charge on any atom is -0.496 e. The predicted molar refractivity (Wildman–Crippen MR) is 118 cm³/mol. The third-order valence-electron chi connectivity index (χ3n) is 4.71. The zero-order valence-corrected chi connectivity index (χ0v) is 17.1. The lowest BCUT2D eigenvalue weighted by atomic mass is 10.1. The fourth-order valence-electron chi connectivity index (χ4n) is 3.15. The van der Waals surface area contributed by atoms with Gasteiger partial charge in [0.2, 0.25) is 11.9 Å². The summed E-state index contributed by atoms with van der Waals surface area (Å²) in [6.45, 7) is 1.80. The van der Waals surface area contributed by atoms with E-state index in [4.69, 9.17) is 15.2 Å². The van der Waals surface area contributed by atoms with Crippen LogP contribution in [0.25, 0.3) is 10.8 Å². The maximum atomic E-state index is 12.7. The van der Waals surface area contributed by atoms with Gasteiger partial charge in [-0.3, -0.25) is 0 Å². The molecule has 8 heteroatoms. The highest BCUT2D eigenvalue weighted by atomic mass is 16.5. The molecule has 1 aromatic heterocycles. The van der Waals surface area contributed by atoms with E-state index >= 15 is 0 Å². The van der Waals surface area contributed by atoms with Crippen LogP contribution in [0.1, 0.15) is 21.7 Å². The lowest BCUT2D eigenvalue weighted by Gasteiger charge is -2.11. The fourth-order valence-corrected chi connectivity index (χ4v) is 3.15. The summed E-state index contributed by atoms with van der Waals surface area (Å²) in [4.78, 5) is 25.2. The first-order chi connectivity index (χ1) is 15.0. The second kappa shape index (κ2) is 8.66. The Morgan fingerprint density at radius 2 is 1.71 bits per heavy atom. The molecular formula is C23H21N5O3. The van der Waals surface area contributed by atoms with Gasteiger partial charge in [0.05, 0.1) is 7.11 Å². The van der Waals surface area contributed by atoms with E-state index in [0.717, 1.165) is 22.0 Å². The Bertz CT molecular complexity index is 1260. The van der Waals surface area contributed by atoms with E-state index in [1.807, 2.05) is 55.5 Å². The molecule has 0 unspecified atom stereocenters. The van der Waals surface area contributed by atoms with Gasteiger partial charge in [0.25, 0.3) is 0 Å². The van der Waals surface area contributed by atoms with E-state index in [9.17, 15) is 4.79 Å². The van der Waals surface area contributed by atoms with Crippen molar-refractivity contribution in [3.63, 3.8) is 0 Å². The number of aryl methyl sites for hydroxylation is 1. The molecule has 0 saturated heterocycles. The zero-order valence-electron chi connectivity index (χ0n) is 17.1. The second-order valence-corrected chi connectivity index (χ2v) is 6.85. The summed E-state index contributed by atoms with van der Waals surface area (Å²) >= 11 is 0. The second-order valence-electron chi connectivity index (χ2n) is 6.85. The molecule has 0 aliphatic heterocycles. The van der Waals surface area contributed by atoms with Crippen molar-refractivity contribution in [2.75, 3.05) is 18.2 Å². The lowest BCUT2D eigenvalue weighted by Crippen LogP contribution is -2.12. The average molecular weight is 415 g/mol. The molecule has 0 amide bonds. The molecule has 0 atom stereocenters. The van der Waals surface area contributed by atoms with Crippen molar-refractivity contribution >= 4 is 34.3 Å². The summed E-state index contributed by atoms with van der Waals surface area (Å²) in [7, 11) is 1.51. The summed E-state index contributed by atoms with van der Waals surface area (Å²) < 4.78 is 10.8. The molecule has 156 valence electrons. The molecule has 1 heterocycles. The molecule has 4 aromatic rings. The molecular weight excluding hydrogens is 394 g/mol. The first-order valence-electron chi connectivity index (χ1n) is 9.60. The number of benzene rings is 3. The van der Waals surface area contributed by atoms with Crippen LogP contribution in [-0.4, -0.2) is 28.0 Å².